The summed E-state index contributed by atoms with van der Waals surface area (Å²) in [5, 5.41) is 40.4. The van der Waals surface area contributed by atoms with Crippen LogP contribution in [-0.2, 0) is 14.4 Å². The number of nitrogens with zero attached hydrogens (tertiary/aromatic N) is 3. The molecule has 0 saturated carbocycles. The maximum Gasteiger partial charge on any atom is 0.328 e. The van der Waals surface area contributed by atoms with Gasteiger partial charge in [0.25, 0.3) is 0 Å². The maximum atomic E-state index is 11.1. The fourth-order valence-electron chi connectivity index (χ4n) is 2.44. The van der Waals surface area contributed by atoms with Crippen LogP contribution < -0.4 is 4.73 Å². The fourth-order valence-corrected chi connectivity index (χ4v) is 2.61. The molecule has 1 saturated heterocycles. The number of likely N-dealkylation sites (tertiary alicyclic amines) is 1. The molecular formula is C18H24ClN3O7. The van der Waals surface area contributed by atoms with E-state index in [2.05, 4.69) is 10.1 Å². The molecule has 11 heteroatoms. The molecule has 1 fully saturated rings. The molecule has 10 nitrogen and oxygen atoms in total. The molecule has 0 amide bonds. The van der Waals surface area contributed by atoms with Crippen molar-refractivity contribution in [2.75, 3.05) is 26.2 Å². The van der Waals surface area contributed by atoms with Gasteiger partial charge in [-0.05, 0) is 32.0 Å². The van der Waals surface area contributed by atoms with Crippen LogP contribution in [0.25, 0.3) is 0 Å². The van der Waals surface area contributed by atoms with Crippen molar-refractivity contribution in [3.05, 3.63) is 47.4 Å². The van der Waals surface area contributed by atoms with E-state index in [1.165, 1.54) is 31.7 Å². The summed E-state index contributed by atoms with van der Waals surface area (Å²) >= 11 is 5.93. The number of β-amino-alcohol motifs (C(OH)–C–C–N with tert-alkyl or cyclic N) is 1. The zero-order valence-corrected chi connectivity index (χ0v) is 16.4. The third kappa shape index (κ3) is 11.7. The summed E-state index contributed by atoms with van der Waals surface area (Å²) < 4.78 is 0.637. The van der Waals surface area contributed by atoms with E-state index < -0.39 is 18.0 Å². The van der Waals surface area contributed by atoms with Gasteiger partial charge in [0.2, 0.25) is 0 Å². The Labute approximate surface area is 172 Å². The first kappa shape index (κ1) is 24.3. The average Bonchev–Trinajstić information content (AvgIpc) is 2.67. The highest BCUT2D eigenvalue weighted by Gasteiger charge is 2.15. The van der Waals surface area contributed by atoms with Crippen molar-refractivity contribution in [3.63, 3.8) is 0 Å². The zero-order chi connectivity index (χ0) is 21.6. The number of hydrogen-bond acceptors (Lipinski definition) is 7. The lowest BCUT2D eigenvalue weighted by molar-refractivity contribution is -0.605. The van der Waals surface area contributed by atoms with Crippen LogP contribution in [0.2, 0.25) is 0 Å². The molecule has 0 aliphatic carbocycles. The standard InChI is InChI=1S/C14H20ClN3O3.C4H4O4/c15-14(12-5-4-8-18(20)9-12)16-21-11-13(19)10-17-6-2-1-3-7-17;5-3(6)1-2-4(7)8/h4-5,8-9,13,19H,1-3,6-7,10-11H2;1-2H,(H,5,6)(H,7,8)/b;2-1-/t13-;/m0./s1. The number of carbonyl (C=O) groups is 2. The summed E-state index contributed by atoms with van der Waals surface area (Å²) in [6.45, 7) is 2.71. The number of pyridine rings is 1. The molecule has 29 heavy (non-hydrogen) atoms. The van der Waals surface area contributed by atoms with E-state index in [1.54, 1.807) is 12.1 Å². The minimum absolute atomic E-state index is 0.0803. The van der Waals surface area contributed by atoms with Gasteiger partial charge in [-0.2, -0.15) is 4.73 Å². The Morgan fingerprint density at radius 3 is 2.45 bits per heavy atom. The summed E-state index contributed by atoms with van der Waals surface area (Å²) in [4.78, 5) is 26.4. The van der Waals surface area contributed by atoms with E-state index in [0.717, 1.165) is 13.1 Å². The van der Waals surface area contributed by atoms with E-state index in [4.69, 9.17) is 26.7 Å². The number of carboxylic acids is 2. The van der Waals surface area contributed by atoms with Gasteiger partial charge in [-0.25, -0.2) is 9.59 Å². The summed E-state index contributed by atoms with van der Waals surface area (Å²) in [5.41, 5.74) is 0.472. The van der Waals surface area contributed by atoms with Crippen molar-refractivity contribution in [1.29, 1.82) is 0 Å². The van der Waals surface area contributed by atoms with E-state index in [1.807, 2.05) is 0 Å². The molecule has 1 atom stereocenters. The molecule has 2 rings (SSSR count). The van der Waals surface area contributed by atoms with Crippen LogP contribution in [0.15, 0.2) is 41.8 Å². The van der Waals surface area contributed by atoms with Gasteiger partial charge in [0, 0.05) is 24.8 Å². The van der Waals surface area contributed by atoms with Crippen LogP contribution in [-0.4, -0.2) is 69.7 Å². The lowest BCUT2D eigenvalue weighted by Gasteiger charge is -2.27. The predicted molar refractivity (Wildman–Crippen MR) is 104 cm³/mol. The quantitative estimate of drug-likeness (QED) is 0.181. The number of rotatable bonds is 8. The topological polar surface area (TPSA) is 147 Å². The van der Waals surface area contributed by atoms with Gasteiger partial charge in [-0.1, -0.05) is 23.2 Å². The summed E-state index contributed by atoms with van der Waals surface area (Å²) in [6.07, 6.45) is 6.80. The lowest BCUT2D eigenvalue weighted by Crippen LogP contribution is -2.38. The van der Waals surface area contributed by atoms with Crippen LogP contribution in [0.5, 0.6) is 0 Å². The third-order valence-electron chi connectivity index (χ3n) is 3.71. The highest BCUT2D eigenvalue weighted by atomic mass is 35.5. The normalized spacial score (nSPS) is 16.0. The van der Waals surface area contributed by atoms with Gasteiger partial charge < -0.3 is 30.3 Å². The van der Waals surface area contributed by atoms with E-state index >= 15 is 0 Å². The first-order valence-corrected chi connectivity index (χ1v) is 9.24. The highest BCUT2D eigenvalue weighted by Crippen LogP contribution is 2.09. The molecule has 160 valence electrons. The van der Waals surface area contributed by atoms with Crippen molar-refractivity contribution >= 4 is 28.7 Å². The minimum Gasteiger partial charge on any atom is -0.619 e. The van der Waals surface area contributed by atoms with E-state index in [-0.39, 0.29) is 11.8 Å². The number of aliphatic hydroxyl groups excluding tert-OH is 1. The molecule has 0 unspecified atom stereocenters. The second-order valence-corrected chi connectivity index (χ2v) is 6.51. The smallest absolute Gasteiger partial charge is 0.328 e. The Hall–Kier alpha value is -2.69. The molecule has 0 bridgehead atoms. The molecule has 0 aromatic carbocycles. The molecular weight excluding hydrogens is 406 g/mol. The Bertz CT molecular complexity index is 705. The van der Waals surface area contributed by atoms with Crippen molar-refractivity contribution in [1.82, 2.24) is 4.90 Å². The largest absolute Gasteiger partial charge is 0.619 e. The van der Waals surface area contributed by atoms with Crippen LogP contribution in [0.3, 0.4) is 0 Å². The molecule has 1 aliphatic rings. The van der Waals surface area contributed by atoms with Crippen molar-refractivity contribution in [3.8, 4) is 0 Å². The summed E-state index contributed by atoms with van der Waals surface area (Å²) in [5.74, 6) is -2.51. The Kier molecular flexibility index (Phi) is 11.3. The maximum absolute atomic E-state index is 11.1. The predicted octanol–water partition coefficient (Wildman–Crippen LogP) is 0.796. The number of hydrogen-bond donors (Lipinski definition) is 3. The monoisotopic (exact) mass is 429 g/mol. The first-order valence-electron chi connectivity index (χ1n) is 8.87. The van der Waals surface area contributed by atoms with Crippen LogP contribution >= 0.6 is 11.6 Å². The lowest BCUT2D eigenvalue weighted by atomic mass is 10.1. The van der Waals surface area contributed by atoms with Crippen molar-refractivity contribution in [2.45, 2.75) is 25.4 Å². The Morgan fingerprint density at radius 1 is 1.28 bits per heavy atom. The van der Waals surface area contributed by atoms with Crippen LogP contribution in [0.4, 0.5) is 0 Å². The van der Waals surface area contributed by atoms with Gasteiger partial charge in [-0.3, -0.25) is 0 Å². The third-order valence-corrected chi connectivity index (χ3v) is 4.00. The number of piperidine rings is 1. The number of aliphatic hydroxyl groups is 1. The van der Waals surface area contributed by atoms with E-state index in [0.29, 0.717) is 29.0 Å². The van der Waals surface area contributed by atoms with Crippen molar-refractivity contribution < 1.29 is 34.5 Å². The Balaban J connectivity index is 0.000000447. The van der Waals surface area contributed by atoms with Gasteiger partial charge in [0.1, 0.15) is 12.7 Å². The first-order chi connectivity index (χ1) is 13.8. The number of halogens is 1. The molecule has 3 N–H and O–H groups in total. The SMILES string of the molecule is O=C(O)/C=C\C(=O)O.[O-][n+]1cccc(C(Cl)=NOC[C@@H](O)CN2CCCCC2)c1. The average molecular weight is 430 g/mol. The van der Waals surface area contributed by atoms with Gasteiger partial charge in [0.15, 0.2) is 17.6 Å². The minimum atomic E-state index is -1.26. The molecule has 1 aliphatic heterocycles. The second-order valence-electron chi connectivity index (χ2n) is 6.16. The molecule has 0 radical (unpaired) electrons. The van der Waals surface area contributed by atoms with E-state index in [9.17, 15) is 19.9 Å². The second kappa shape index (κ2) is 13.5. The number of oxime groups is 1. The zero-order valence-electron chi connectivity index (χ0n) is 15.7. The molecule has 1 aromatic heterocycles. The van der Waals surface area contributed by atoms with Gasteiger partial charge in [-0.15, -0.1) is 0 Å². The van der Waals surface area contributed by atoms with Crippen molar-refractivity contribution in [2.24, 2.45) is 5.16 Å². The fraction of sp³-hybridized carbons (Fsp3) is 0.444. The number of aromatic nitrogens is 1. The molecule has 2 heterocycles. The Morgan fingerprint density at radius 2 is 1.90 bits per heavy atom. The number of aliphatic carboxylic acids is 2. The van der Waals surface area contributed by atoms with Gasteiger partial charge in [0.05, 0.1) is 5.56 Å². The molecule has 1 aromatic rings. The molecule has 0 spiro atoms. The number of carboxylic acid groups (broad SMARTS) is 2. The summed E-state index contributed by atoms with van der Waals surface area (Å²) in [6, 6.07) is 3.24. The van der Waals surface area contributed by atoms with Gasteiger partial charge >= 0.3 is 11.9 Å². The van der Waals surface area contributed by atoms with Crippen LogP contribution in [0, 0.1) is 5.21 Å². The highest BCUT2D eigenvalue weighted by molar-refractivity contribution is 6.69. The summed E-state index contributed by atoms with van der Waals surface area (Å²) in [7, 11) is 0. The van der Waals surface area contributed by atoms with Crippen LogP contribution in [0.1, 0.15) is 24.8 Å².